The molecule has 150 heavy (non-hydrogen) atoms. The SMILES string of the molecule is COc1ccc(C(=O)n2ccc(/C=C/c3ccco3)n2)cc1.O=C(C1CC1)n1ccc(/C=C/c2ccccc2)n1.O=C(C1CCC1)n1ccc(/C=C/c2ccccc2)n1.O=C(C1CCCCC1)n1ccc(/C=C/c2ccccc2)n1.O=C(CC1CCCC1)n1ccc(/C=C/c2ccccc2)n1.O=C(Cc1ccc(Cl)cc1)n1ccc(/C=C/c2ccccc2)n1.O=C(c1ccccc1OC(F)(F)F)n1ccc(/C=C/c2ccccc2)n1. The van der Waals surface area contributed by atoms with Gasteiger partial charge in [0.25, 0.3) is 17.7 Å². The summed E-state index contributed by atoms with van der Waals surface area (Å²) in [5.41, 5.74) is 13.0. The molecule has 4 aliphatic carbocycles. The number of carbonyl (C=O) groups excluding carboxylic acids is 7. The molecule has 8 heterocycles. The van der Waals surface area contributed by atoms with Crippen LogP contribution in [0.25, 0.3) is 85.1 Å². The van der Waals surface area contributed by atoms with Gasteiger partial charge in [0, 0.05) is 78.1 Å². The molecule has 0 amide bonds. The van der Waals surface area contributed by atoms with Crippen molar-refractivity contribution >= 4 is 138 Å². The Kier molecular flexibility index (Phi) is 39.1. The number of benzene rings is 9. The van der Waals surface area contributed by atoms with Crippen molar-refractivity contribution < 1.29 is 60.6 Å². The molecule has 758 valence electrons. The molecule has 28 heteroatoms. The number of carbonyl (C=O) groups is 7. The zero-order valence-electron chi connectivity index (χ0n) is 82.6. The number of ether oxygens (including phenoxy) is 2. The highest BCUT2D eigenvalue weighted by molar-refractivity contribution is 6.30. The van der Waals surface area contributed by atoms with Crippen molar-refractivity contribution in [3.05, 3.63) is 460 Å². The summed E-state index contributed by atoms with van der Waals surface area (Å²) in [5.74, 6) is 1.50. The van der Waals surface area contributed by atoms with Crippen LogP contribution in [0.4, 0.5) is 13.2 Å². The Morgan fingerprint density at radius 3 is 1.01 bits per heavy atom. The molecule has 4 saturated carbocycles. The number of aromatic nitrogens is 14. The van der Waals surface area contributed by atoms with Crippen molar-refractivity contribution in [3.8, 4) is 11.5 Å². The molecule has 0 unspecified atom stereocenters. The zero-order valence-corrected chi connectivity index (χ0v) is 83.4. The summed E-state index contributed by atoms with van der Waals surface area (Å²) in [6.07, 6.45) is 51.8. The smallest absolute Gasteiger partial charge is 0.497 e. The average Bonchev–Trinajstić information content (AvgIpc) is 1.62. The molecular weight excluding hydrogens is 1910 g/mol. The summed E-state index contributed by atoms with van der Waals surface area (Å²) in [6.45, 7) is 0. The second-order valence-corrected chi connectivity index (χ2v) is 36.1. The van der Waals surface area contributed by atoms with Gasteiger partial charge in [0.05, 0.1) is 65.2 Å². The number of hydrogen-bond donors (Lipinski definition) is 0. The topological polar surface area (TPSA) is 276 Å². The van der Waals surface area contributed by atoms with E-state index in [4.69, 9.17) is 20.8 Å². The molecule has 4 fully saturated rings. The van der Waals surface area contributed by atoms with Crippen LogP contribution in [0.5, 0.6) is 11.5 Å². The van der Waals surface area contributed by atoms with Gasteiger partial charge in [-0.15, -0.1) is 13.2 Å². The quantitative estimate of drug-likeness (QED) is 0.0514. The number of halogens is 4. The highest BCUT2D eigenvalue weighted by atomic mass is 35.5. The second-order valence-electron chi connectivity index (χ2n) is 35.7. The Balaban J connectivity index is 0.000000131. The fraction of sp³-hybridized carbons (Fsp3) is 0.180. The number of furan rings is 1. The van der Waals surface area contributed by atoms with Gasteiger partial charge >= 0.3 is 6.36 Å². The molecular formula is C122H112ClF3N14O10. The third kappa shape index (κ3) is 33.9. The molecule has 0 radical (unpaired) electrons. The summed E-state index contributed by atoms with van der Waals surface area (Å²) in [6, 6.07) is 95.3. The largest absolute Gasteiger partial charge is 0.573 e. The van der Waals surface area contributed by atoms with Crippen LogP contribution >= 0.6 is 11.6 Å². The number of hydrogen-bond acceptors (Lipinski definition) is 17. The number of methoxy groups -OCH3 is 1. The lowest BCUT2D eigenvalue weighted by Crippen LogP contribution is -2.27. The van der Waals surface area contributed by atoms with E-state index in [9.17, 15) is 46.7 Å². The molecule has 0 aliphatic heterocycles. The third-order valence-electron chi connectivity index (χ3n) is 24.5. The van der Waals surface area contributed by atoms with Crippen LogP contribution in [0, 0.1) is 23.7 Å². The summed E-state index contributed by atoms with van der Waals surface area (Å²) in [4.78, 5) is 85.3. The minimum Gasteiger partial charge on any atom is -0.497 e. The molecule has 8 aromatic heterocycles. The number of nitrogens with zero attached hydrogens (tertiary/aromatic N) is 14. The highest BCUT2D eigenvalue weighted by Crippen LogP contribution is 2.33. The van der Waals surface area contributed by atoms with E-state index in [1.807, 2.05) is 303 Å². The van der Waals surface area contributed by atoms with Gasteiger partial charge in [0.2, 0.25) is 23.6 Å². The van der Waals surface area contributed by atoms with Gasteiger partial charge in [-0.2, -0.15) is 35.7 Å². The minimum absolute atomic E-state index is 0.0771. The molecule has 0 N–H and O–H groups in total. The van der Waals surface area contributed by atoms with Gasteiger partial charge in [-0.1, -0.05) is 293 Å². The maximum atomic E-state index is 12.5. The first kappa shape index (κ1) is 107. The van der Waals surface area contributed by atoms with Gasteiger partial charge in [-0.25, -0.2) is 32.8 Å². The van der Waals surface area contributed by atoms with Crippen LogP contribution in [0.1, 0.15) is 226 Å². The monoisotopic (exact) mass is 2020 g/mol. The maximum absolute atomic E-state index is 12.5. The molecule has 4 aliphatic rings. The lowest BCUT2D eigenvalue weighted by molar-refractivity contribution is -0.274. The lowest BCUT2D eigenvalue weighted by atomic mass is 9.85. The normalized spacial score (nSPS) is 13.6. The van der Waals surface area contributed by atoms with Crippen LogP contribution in [-0.2, 0) is 6.42 Å². The Hall–Kier alpha value is -17.7. The van der Waals surface area contributed by atoms with Crippen molar-refractivity contribution in [2.24, 2.45) is 23.7 Å². The van der Waals surface area contributed by atoms with E-state index in [1.54, 1.807) is 117 Å². The molecule has 0 atom stereocenters. The van der Waals surface area contributed by atoms with E-state index in [2.05, 4.69) is 40.4 Å². The van der Waals surface area contributed by atoms with Gasteiger partial charge in [-0.05, 0) is 248 Å². The van der Waals surface area contributed by atoms with E-state index in [-0.39, 0.29) is 58.8 Å². The molecule has 0 bridgehead atoms. The Morgan fingerprint density at radius 2 is 0.653 bits per heavy atom. The van der Waals surface area contributed by atoms with E-state index < -0.39 is 18.0 Å². The standard InChI is InChI=1S/C19H15ClN2O.C19H13F3N2O2.2C18H20N2O.C17H14N2O3.C16H16N2O.C15H14N2O/c20-17-9-6-16(7-10-17)14-19(23)22-13-12-18(21-22)11-8-15-4-2-1-3-5-15;20-19(21,22)26-17-9-5-4-8-16(17)18(25)24-13-12-15(23-24)11-10-14-6-2-1-3-7-14;21-18(16-9-5-2-6-10-16)20-14-13-17(19-20)12-11-15-7-3-1-4-8-15;21-18(14-16-8-4-5-9-16)20-13-12-17(19-20)11-10-15-6-2-1-3-7-15;1-21-15-7-4-13(5-8-15)17(20)19-11-10-14(18-19)6-9-16-3-2-12-22-16;19-16(14-7-4-8-14)18-12-11-15(17-18)10-9-13-5-2-1-3-6-13;18-15(13-7-8-13)17-11-10-14(16-17)9-6-12-4-2-1-3-5-12/h1-13H,14H2;1-13H;1,3-4,7-8,11-14,16H,2,5-6,9-10H2;1-3,6-7,10-13,16H,4-5,8-9,14H2;2-12H,1H3;1-3,5-6,9-12,14H,4,7-8H2;1-6,9-11,13H,7-8H2/b11-8+;11-10+;12-11+;11-10+;9-6+;10-9+;9-6+. The predicted octanol–water partition coefficient (Wildman–Crippen LogP) is 27.7. The maximum Gasteiger partial charge on any atom is 0.573 e. The molecule has 17 aromatic rings. The molecule has 21 rings (SSSR count). The fourth-order valence-electron chi connectivity index (χ4n) is 16.0. The van der Waals surface area contributed by atoms with Gasteiger partial charge < -0.3 is 13.9 Å². The van der Waals surface area contributed by atoms with Crippen LogP contribution in [0.2, 0.25) is 5.02 Å². The first-order valence-corrected chi connectivity index (χ1v) is 50.1. The summed E-state index contributed by atoms with van der Waals surface area (Å²) in [7, 11) is 1.59. The van der Waals surface area contributed by atoms with Crippen LogP contribution in [-0.4, -0.2) is 123 Å². The summed E-state index contributed by atoms with van der Waals surface area (Å²) >= 11 is 5.84. The Morgan fingerprint density at radius 1 is 0.327 bits per heavy atom. The Labute approximate surface area is 872 Å². The number of rotatable bonds is 25. The first-order valence-electron chi connectivity index (χ1n) is 49.7. The van der Waals surface area contributed by atoms with Gasteiger partial charge in [-0.3, -0.25) is 33.6 Å². The summed E-state index contributed by atoms with van der Waals surface area (Å²) < 4.78 is 61.3. The van der Waals surface area contributed by atoms with Crippen molar-refractivity contribution in [2.45, 2.75) is 109 Å². The fourth-order valence-corrected chi connectivity index (χ4v) is 16.2. The summed E-state index contributed by atoms with van der Waals surface area (Å²) in [5, 5.41) is 30.6. The van der Waals surface area contributed by atoms with Gasteiger partial charge in [0.15, 0.2) is 0 Å². The predicted molar refractivity (Wildman–Crippen MR) is 583 cm³/mol. The van der Waals surface area contributed by atoms with Crippen molar-refractivity contribution in [1.29, 1.82) is 0 Å². The molecule has 0 saturated heterocycles. The van der Waals surface area contributed by atoms with Gasteiger partial charge in [0.1, 0.15) is 17.3 Å². The van der Waals surface area contributed by atoms with E-state index in [0.717, 1.165) is 122 Å². The lowest BCUT2D eigenvalue weighted by Gasteiger charge is -2.22. The molecule has 9 aromatic carbocycles. The zero-order chi connectivity index (χ0) is 104. The number of alkyl halides is 3. The average molecular weight is 2030 g/mol. The molecule has 0 spiro atoms. The van der Waals surface area contributed by atoms with Crippen LogP contribution < -0.4 is 9.47 Å². The molecule has 24 nitrogen and oxygen atoms in total. The van der Waals surface area contributed by atoms with E-state index in [1.165, 1.54) is 104 Å². The second kappa shape index (κ2) is 55.0. The Bertz CT molecular complexity index is 7430. The third-order valence-corrected chi connectivity index (χ3v) is 24.8. The van der Waals surface area contributed by atoms with Crippen molar-refractivity contribution in [1.82, 2.24) is 68.5 Å². The van der Waals surface area contributed by atoms with Crippen molar-refractivity contribution in [3.63, 3.8) is 0 Å². The van der Waals surface area contributed by atoms with Crippen molar-refractivity contribution in [2.75, 3.05) is 7.11 Å². The number of para-hydroxylation sites is 1. The highest BCUT2D eigenvalue weighted by Gasteiger charge is 2.34. The van der Waals surface area contributed by atoms with Crippen LogP contribution in [0.15, 0.2) is 363 Å². The first-order chi connectivity index (χ1) is 73.2. The minimum atomic E-state index is -4.88. The van der Waals surface area contributed by atoms with E-state index in [0.29, 0.717) is 46.5 Å². The van der Waals surface area contributed by atoms with E-state index >= 15 is 0 Å². The van der Waals surface area contributed by atoms with Crippen LogP contribution in [0.3, 0.4) is 0 Å².